The minimum atomic E-state index is -0.158. The van der Waals surface area contributed by atoms with Gasteiger partial charge in [-0.3, -0.25) is 4.79 Å². The Morgan fingerprint density at radius 1 is 1.16 bits per heavy atom. The van der Waals surface area contributed by atoms with E-state index in [0.29, 0.717) is 16.9 Å². The molecular formula is C14H14BrN3O. The Morgan fingerprint density at radius 3 is 2.58 bits per heavy atom. The first-order valence-electron chi connectivity index (χ1n) is 5.75. The molecule has 4 N–H and O–H groups in total. The molecule has 0 saturated heterocycles. The highest BCUT2D eigenvalue weighted by atomic mass is 79.9. The van der Waals surface area contributed by atoms with Crippen LogP contribution in [0.5, 0.6) is 0 Å². The van der Waals surface area contributed by atoms with E-state index in [2.05, 4.69) is 26.6 Å². The molecular weight excluding hydrogens is 306 g/mol. The number of hydrogen-bond donors (Lipinski definition) is 3. The molecule has 2 aromatic rings. The number of carbonyl (C=O) groups is 1. The number of hydrogen-bond acceptors (Lipinski definition) is 3. The monoisotopic (exact) mass is 319 g/mol. The van der Waals surface area contributed by atoms with Crippen molar-refractivity contribution in [1.29, 1.82) is 0 Å². The van der Waals surface area contributed by atoms with Gasteiger partial charge in [0.15, 0.2) is 0 Å². The molecule has 0 unspecified atom stereocenters. The molecule has 19 heavy (non-hydrogen) atoms. The Morgan fingerprint density at radius 2 is 1.89 bits per heavy atom. The molecule has 2 rings (SSSR count). The van der Waals surface area contributed by atoms with E-state index in [1.807, 2.05) is 24.3 Å². The molecule has 0 heterocycles. The molecule has 4 nitrogen and oxygen atoms in total. The first-order valence-corrected chi connectivity index (χ1v) is 6.54. The first kappa shape index (κ1) is 13.4. The quantitative estimate of drug-likeness (QED) is 0.761. The number of rotatable bonds is 3. The van der Waals surface area contributed by atoms with E-state index >= 15 is 0 Å². The fourth-order valence-corrected chi connectivity index (χ4v) is 2.09. The number of halogens is 1. The maximum absolute atomic E-state index is 11.8. The summed E-state index contributed by atoms with van der Waals surface area (Å²) < 4.78 is 0.917. The zero-order valence-corrected chi connectivity index (χ0v) is 12.0. The van der Waals surface area contributed by atoms with Gasteiger partial charge in [0, 0.05) is 17.2 Å². The highest BCUT2D eigenvalue weighted by Gasteiger charge is 2.11. The molecule has 98 valence electrons. The van der Waals surface area contributed by atoms with Gasteiger partial charge in [-0.15, -0.1) is 0 Å². The van der Waals surface area contributed by atoms with Crippen molar-refractivity contribution in [2.45, 2.75) is 0 Å². The third-order valence-electron chi connectivity index (χ3n) is 2.66. The summed E-state index contributed by atoms with van der Waals surface area (Å²) in [5.74, 6) is -0.158. The Kier molecular flexibility index (Phi) is 4.06. The van der Waals surface area contributed by atoms with Crippen LogP contribution in [0.2, 0.25) is 0 Å². The third kappa shape index (κ3) is 3.06. The van der Waals surface area contributed by atoms with Crippen LogP contribution in [-0.4, -0.2) is 13.0 Å². The smallest absolute Gasteiger partial charge is 0.253 e. The van der Waals surface area contributed by atoms with E-state index in [9.17, 15) is 4.79 Å². The topological polar surface area (TPSA) is 67.2 Å². The number of nitrogens with one attached hydrogen (secondary N) is 2. The minimum absolute atomic E-state index is 0.158. The normalized spacial score (nSPS) is 10.0. The van der Waals surface area contributed by atoms with Gasteiger partial charge in [0.1, 0.15) is 0 Å². The Balaban J connectivity index is 2.41. The maximum Gasteiger partial charge on any atom is 0.253 e. The van der Waals surface area contributed by atoms with Crippen LogP contribution < -0.4 is 16.4 Å². The molecule has 0 aliphatic carbocycles. The van der Waals surface area contributed by atoms with Crippen molar-refractivity contribution >= 4 is 38.9 Å². The van der Waals surface area contributed by atoms with Crippen LogP contribution in [0, 0.1) is 0 Å². The average molecular weight is 320 g/mol. The van der Waals surface area contributed by atoms with Gasteiger partial charge in [-0.2, -0.15) is 0 Å². The van der Waals surface area contributed by atoms with Crippen LogP contribution in [0.1, 0.15) is 10.4 Å². The summed E-state index contributed by atoms with van der Waals surface area (Å²) in [5.41, 5.74) is 8.47. The number of benzene rings is 2. The summed E-state index contributed by atoms with van der Waals surface area (Å²) in [5, 5.41) is 5.82. The summed E-state index contributed by atoms with van der Waals surface area (Å²) >= 11 is 3.46. The second kappa shape index (κ2) is 5.75. The summed E-state index contributed by atoms with van der Waals surface area (Å²) in [6.45, 7) is 0. The standard InChI is InChI=1S/C14H14BrN3O/c1-17-14(19)10-7-6-9(16)8-13(10)18-12-5-3-2-4-11(12)15/h2-8,18H,16H2,1H3,(H,17,19). The van der Waals surface area contributed by atoms with Crippen LogP contribution in [0.15, 0.2) is 46.9 Å². The molecule has 0 aliphatic rings. The van der Waals surface area contributed by atoms with Crippen LogP contribution >= 0.6 is 15.9 Å². The lowest BCUT2D eigenvalue weighted by Gasteiger charge is -2.13. The van der Waals surface area contributed by atoms with Gasteiger partial charge in [-0.1, -0.05) is 12.1 Å². The van der Waals surface area contributed by atoms with Gasteiger partial charge in [0.05, 0.1) is 16.9 Å². The zero-order chi connectivity index (χ0) is 13.8. The molecule has 5 heteroatoms. The molecule has 0 aliphatic heterocycles. The predicted molar refractivity (Wildman–Crippen MR) is 81.7 cm³/mol. The Hall–Kier alpha value is -2.01. The average Bonchev–Trinajstić information content (AvgIpc) is 2.41. The van der Waals surface area contributed by atoms with E-state index in [1.54, 1.807) is 25.2 Å². The molecule has 0 aromatic heterocycles. The molecule has 0 saturated carbocycles. The molecule has 0 fully saturated rings. The number of carbonyl (C=O) groups excluding carboxylic acids is 1. The maximum atomic E-state index is 11.8. The van der Waals surface area contributed by atoms with Crippen LogP contribution in [0.25, 0.3) is 0 Å². The number of para-hydroxylation sites is 1. The molecule has 1 amide bonds. The van der Waals surface area contributed by atoms with Crippen molar-refractivity contribution in [2.24, 2.45) is 0 Å². The van der Waals surface area contributed by atoms with Crippen molar-refractivity contribution in [3.8, 4) is 0 Å². The van der Waals surface area contributed by atoms with E-state index in [1.165, 1.54) is 0 Å². The Bertz CT molecular complexity index is 613. The second-order valence-corrected chi connectivity index (χ2v) is 4.84. The van der Waals surface area contributed by atoms with Gasteiger partial charge in [-0.05, 0) is 46.3 Å². The van der Waals surface area contributed by atoms with Crippen LogP contribution in [0.3, 0.4) is 0 Å². The SMILES string of the molecule is CNC(=O)c1ccc(N)cc1Nc1ccccc1Br. The fourth-order valence-electron chi connectivity index (χ4n) is 1.71. The number of nitrogens with two attached hydrogens (primary N) is 1. The van der Waals surface area contributed by atoms with E-state index < -0.39 is 0 Å². The molecule has 2 aromatic carbocycles. The minimum Gasteiger partial charge on any atom is -0.399 e. The van der Waals surface area contributed by atoms with Gasteiger partial charge >= 0.3 is 0 Å². The summed E-state index contributed by atoms with van der Waals surface area (Å²) in [4.78, 5) is 11.8. The summed E-state index contributed by atoms with van der Waals surface area (Å²) in [6, 6.07) is 12.8. The Labute approximate surface area is 120 Å². The lowest BCUT2D eigenvalue weighted by atomic mass is 10.1. The summed E-state index contributed by atoms with van der Waals surface area (Å²) in [6.07, 6.45) is 0. The van der Waals surface area contributed by atoms with Crippen LogP contribution in [0.4, 0.5) is 17.1 Å². The zero-order valence-electron chi connectivity index (χ0n) is 10.4. The van der Waals surface area contributed by atoms with Crippen molar-refractivity contribution < 1.29 is 4.79 Å². The number of amides is 1. The lowest BCUT2D eigenvalue weighted by Crippen LogP contribution is -2.19. The highest BCUT2D eigenvalue weighted by Crippen LogP contribution is 2.28. The largest absolute Gasteiger partial charge is 0.399 e. The first-order chi connectivity index (χ1) is 9.11. The second-order valence-electron chi connectivity index (χ2n) is 3.99. The van der Waals surface area contributed by atoms with Crippen molar-refractivity contribution in [1.82, 2.24) is 5.32 Å². The lowest BCUT2D eigenvalue weighted by molar-refractivity contribution is 0.0964. The molecule has 0 spiro atoms. The van der Waals surface area contributed by atoms with Gasteiger partial charge in [0.2, 0.25) is 0 Å². The van der Waals surface area contributed by atoms with Crippen LogP contribution in [-0.2, 0) is 0 Å². The van der Waals surface area contributed by atoms with Gasteiger partial charge in [0.25, 0.3) is 5.91 Å². The number of anilines is 3. The van der Waals surface area contributed by atoms with Gasteiger partial charge in [-0.25, -0.2) is 0 Å². The van der Waals surface area contributed by atoms with Gasteiger partial charge < -0.3 is 16.4 Å². The highest BCUT2D eigenvalue weighted by molar-refractivity contribution is 9.10. The fraction of sp³-hybridized carbons (Fsp3) is 0.0714. The molecule has 0 radical (unpaired) electrons. The van der Waals surface area contributed by atoms with Crippen molar-refractivity contribution in [3.63, 3.8) is 0 Å². The van der Waals surface area contributed by atoms with E-state index in [4.69, 9.17) is 5.73 Å². The van der Waals surface area contributed by atoms with Crippen molar-refractivity contribution in [3.05, 3.63) is 52.5 Å². The van der Waals surface area contributed by atoms with Crippen molar-refractivity contribution in [2.75, 3.05) is 18.1 Å². The molecule has 0 atom stereocenters. The predicted octanol–water partition coefficient (Wildman–Crippen LogP) is 3.13. The van der Waals surface area contributed by atoms with E-state index in [0.717, 1.165) is 10.2 Å². The number of nitrogen functional groups attached to an aromatic ring is 1. The summed E-state index contributed by atoms with van der Waals surface area (Å²) in [7, 11) is 1.60. The molecule has 0 bridgehead atoms. The van der Waals surface area contributed by atoms with E-state index in [-0.39, 0.29) is 5.91 Å². The third-order valence-corrected chi connectivity index (χ3v) is 3.35.